The van der Waals surface area contributed by atoms with Gasteiger partial charge in [0.25, 0.3) is 0 Å². The van der Waals surface area contributed by atoms with Gasteiger partial charge >= 0.3 is 0 Å². The zero-order chi connectivity index (χ0) is 12.3. The Morgan fingerprint density at radius 1 is 1.44 bits per heavy atom. The fourth-order valence-corrected chi connectivity index (χ4v) is 2.45. The predicted octanol–water partition coefficient (Wildman–Crippen LogP) is 1.84. The van der Waals surface area contributed by atoms with E-state index >= 15 is 0 Å². The molecular formula is C10H12ClNO3S. The highest BCUT2D eigenvalue weighted by atomic mass is 35.5. The predicted molar refractivity (Wildman–Crippen MR) is 62.3 cm³/mol. The number of Topliss-reactive ketones (excluding diaryl/α,β-unsaturated/α-hetero) is 1. The third-order valence-electron chi connectivity index (χ3n) is 2.13. The highest BCUT2D eigenvalue weighted by molar-refractivity contribution is 7.89. The number of sulfonamides is 1. The van der Waals surface area contributed by atoms with Crippen molar-refractivity contribution in [3.63, 3.8) is 0 Å². The van der Waals surface area contributed by atoms with E-state index in [4.69, 9.17) is 11.6 Å². The Balaban J connectivity index is 3.36. The molecule has 6 heteroatoms. The van der Waals surface area contributed by atoms with Gasteiger partial charge in [0.15, 0.2) is 5.78 Å². The van der Waals surface area contributed by atoms with E-state index < -0.39 is 10.0 Å². The van der Waals surface area contributed by atoms with E-state index in [1.165, 1.54) is 25.2 Å². The zero-order valence-electron chi connectivity index (χ0n) is 8.95. The standard InChI is InChI=1S/C10H12ClNO3S/c1-3-9(13)7-4-5-8(11)10(6-7)16(14,15)12-2/h4-6,12H,3H2,1-2H3. The largest absolute Gasteiger partial charge is 0.294 e. The molecular weight excluding hydrogens is 250 g/mol. The second kappa shape index (κ2) is 4.95. The highest BCUT2D eigenvalue weighted by Crippen LogP contribution is 2.22. The van der Waals surface area contributed by atoms with Crippen molar-refractivity contribution in [2.75, 3.05) is 7.05 Å². The number of carbonyl (C=O) groups is 1. The highest BCUT2D eigenvalue weighted by Gasteiger charge is 2.17. The fourth-order valence-electron chi connectivity index (χ4n) is 1.20. The molecule has 0 atom stereocenters. The van der Waals surface area contributed by atoms with Crippen molar-refractivity contribution in [1.29, 1.82) is 0 Å². The Labute approximate surface area is 99.7 Å². The summed E-state index contributed by atoms with van der Waals surface area (Å²) in [5.41, 5.74) is 0.348. The maximum atomic E-state index is 11.6. The average molecular weight is 262 g/mol. The summed E-state index contributed by atoms with van der Waals surface area (Å²) in [7, 11) is -2.34. The number of rotatable bonds is 4. The van der Waals surface area contributed by atoms with Gasteiger partial charge in [-0.25, -0.2) is 13.1 Å². The van der Waals surface area contributed by atoms with E-state index in [1.807, 2.05) is 0 Å². The first kappa shape index (κ1) is 13.2. The molecule has 0 aliphatic heterocycles. The minimum absolute atomic E-state index is 0.0732. The van der Waals surface area contributed by atoms with Crippen LogP contribution in [0.15, 0.2) is 23.1 Å². The number of hydrogen-bond donors (Lipinski definition) is 1. The van der Waals surface area contributed by atoms with Gasteiger partial charge in [0, 0.05) is 12.0 Å². The lowest BCUT2D eigenvalue weighted by molar-refractivity contribution is 0.0988. The Bertz CT molecular complexity index is 511. The molecule has 0 amide bonds. The maximum Gasteiger partial charge on any atom is 0.241 e. The lowest BCUT2D eigenvalue weighted by Crippen LogP contribution is -2.19. The number of halogens is 1. The van der Waals surface area contributed by atoms with E-state index in [1.54, 1.807) is 6.92 Å². The molecule has 0 fully saturated rings. The average Bonchev–Trinajstić information content (AvgIpc) is 2.28. The molecule has 0 aromatic heterocycles. The van der Waals surface area contributed by atoms with Gasteiger partial charge in [0.2, 0.25) is 10.0 Å². The Morgan fingerprint density at radius 2 is 2.06 bits per heavy atom. The van der Waals surface area contributed by atoms with Gasteiger partial charge in [-0.3, -0.25) is 4.79 Å². The molecule has 0 aliphatic rings. The van der Waals surface area contributed by atoms with Crippen LogP contribution in [0.3, 0.4) is 0 Å². The summed E-state index contributed by atoms with van der Waals surface area (Å²) in [6, 6.07) is 4.22. The molecule has 1 aromatic rings. The van der Waals surface area contributed by atoms with Crippen molar-refractivity contribution in [3.05, 3.63) is 28.8 Å². The van der Waals surface area contributed by atoms with Gasteiger partial charge in [0.1, 0.15) is 4.90 Å². The minimum Gasteiger partial charge on any atom is -0.294 e. The first-order chi connectivity index (χ1) is 7.42. The monoisotopic (exact) mass is 261 g/mol. The molecule has 0 heterocycles. The van der Waals surface area contributed by atoms with E-state index in [0.29, 0.717) is 12.0 Å². The van der Waals surface area contributed by atoms with Crippen LogP contribution in [0.4, 0.5) is 0 Å². The molecule has 4 nitrogen and oxygen atoms in total. The quantitative estimate of drug-likeness (QED) is 0.842. The molecule has 1 N–H and O–H groups in total. The third-order valence-corrected chi connectivity index (χ3v) is 4.03. The summed E-state index contributed by atoms with van der Waals surface area (Å²) in [4.78, 5) is 11.4. The van der Waals surface area contributed by atoms with Gasteiger partial charge in [-0.2, -0.15) is 0 Å². The van der Waals surface area contributed by atoms with Crippen LogP contribution in [-0.2, 0) is 10.0 Å². The molecule has 1 rings (SSSR count). The van der Waals surface area contributed by atoms with Crippen molar-refractivity contribution in [3.8, 4) is 0 Å². The number of benzene rings is 1. The number of carbonyl (C=O) groups excluding carboxylic acids is 1. The normalized spacial score (nSPS) is 11.4. The summed E-state index contributed by atoms with van der Waals surface area (Å²) in [5, 5.41) is 0.0991. The van der Waals surface area contributed by atoms with Crippen LogP contribution in [0, 0.1) is 0 Å². The number of nitrogens with one attached hydrogen (secondary N) is 1. The molecule has 0 bridgehead atoms. The summed E-state index contributed by atoms with van der Waals surface area (Å²) in [6.07, 6.45) is 0.320. The molecule has 16 heavy (non-hydrogen) atoms. The maximum absolute atomic E-state index is 11.6. The lowest BCUT2D eigenvalue weighted by Gasteiger charge is -2.06. The van der Waals surface area contributed by atoms with Gasteiger partial charge in [-0.1, -0.05) is 18.5 Å². The molecule has 0 unspecified atom stereocenters. The van der Waals surface area contributed by atoms with Crippen LogP contribution in [0.25, 0.3) is 0 Å². The Morgan fingerprint density at radius 3 is 2.56 bits per heavy atom. The first-order valence-corrected chi connectivity index (χ1v) is 6.54. The molecule has 1 aromatic carbocycles. The van der Waals surface area contributed by atoms with E-state index in [2.05, 4.69) is 4.72 Å². The third kappa shape index (κ3) is 2.61. The van der Waals surface area contributed by atoms with Crippen molar-refractivity contribution < 1.29 is 13.2 Å². The van der Waals surface area contributed by atoms with Gasteiger partial charge in [-0.15, -0.1) is 0 Å². The van der Waals surface area contributed by atoms with Crippen molar-refractivity contribution in [2.45, 2.75) is 18.2 Å². The van der Waals surface area contributed by atoms with Crippen LogP contribution in [-0.4, -0.2) is 21.2 Å². The molecule has 0 aliphatic carbocycles. The van der Waals surface area contributed by atoms with Crippen LogP contribution < -0.4 is 4.72 Å². The van der Waals surface area contributed by atoms with Gasteiger partial charge in [0.05, 0.1) is 5.02 Å². The summed E-state index contributed by atoms with van der Waals surface area (Å²) in [5.74, 6) is -0.121. The minimum atomic E-state index is -3.63. The van der Waals surface area contributed by atoms with Gasteiger partial charge < -0.3 is 0 Å². The molecule has 0 spiro atoms. The number of hydrogen-bond acceptors (Lipinski definition) is 3. The lowest BCUT2D eigenvalue weighted by atomic mass is 10.1. The second-order valence-electron chi connectivity index (χ2n) is 3.13. The number of ketones is 1. The topological polar surface area (TPSA) is 63.2 Å². The molecule has 88 valence electrons. The summed E-state index contributed by atoms with van der Waals surface area (Å²) in [6.45, 7) is 1.71. The Kier molecular flexibility index (Phi) is 4.07. The van der Waals surface area contributed by atoms with E-state index in [9.17, 15) is 13.2 Å². The van der Waals surface area contributed by atoms with Crippen LogP contribution in [0.5, 0.6) is 0 Å². The van der Waals surface area contributed by atoms with Gasteiger partial charge in [-0.05, 0) is 25.2 Å². The van der Waals surface area contributed by atoms with Crippen LogP contribution in [0.1, 0.15) is 23.7 Å². The molecule has 0 radical (unpaired) electrons. The first-order valence-electron chi connectivity index (χ1n) is 4.68. The van der Waals surface area contributed by atoms with Crippen molar-refractivity contribution in [1.82, 2.24) is 4.72 Å². The molecule has 0 saturated heterocycles. The van der Waals surface area contributed by atoms with E-state index in [0.717, 1.165) is 0 Å². The van der Waals surface area contributed by atoms with E-state index in [-0.39, 0.29) is 15.7 Å². The zero-order valence-corrected chi connectivity index (χ0v) is 10.5. The van der Waals surface area contributed by atoms with Crippen molar-refractivity contribution >= 4 is 27.4 Å². The smallest absolute Gasteiger partial charge is 0.241 e. The SMILES string of the molecule is CCC(=O)c1ccc(Cl)c(S(=O)(=O)NC)c1. The summed E-state index contributed by atoms with van der Waals surface area (Å²) >= 11 is 5.78. The fraction of sp³-hybridized carbons (Fsp3) is 0.300. The Hall–Kier alpha value is -0.910. The van der Waals surface area contributed by atoms with Crippen LogP contribution >= 0.6 is 11.6 Å². The second-order valence-corrected chi connectivity index (χ2v) is 5.39. The molecule has 0 saturated carbocycles. The summed E-state index contributed by atoms with van der Waals surface area (Å²) < 4.78 is 25.3. The van der Waals surface area contributed by atoms with Crippen LogP contribution in [0.2, 0.25) is 5.02 Å². The van der Waals surface area contributed by atoms with Crippen molar-refractivity contribution in [2.24, 2.45) is 0 Å².